The highest BCUT2D eigenvalue weighted by Crippen LogP contribution is 2.16. The Morgan fingerprint density at radius 1 is 1.53 bits per heavy atom. The van der Waals surface area contributed by atoms with Gasteiger partial charge in [-0.3, -0.25) is 0 Å². The molecule has 84 valence electrons. The lowest BCUT2D eigenvalue weighted by atomic mass is 10.3. The molecule has 2 rings (SSSR count). The van der Waals surface area contributed by atoms with Crippen molar-refractivity contribution >= 4 is 0 Å². The number of morpholine rings is 1. The normalized spacial score (nSPS) is 22.2. The molecule has 2 heterocycles. The Hall–Kier alpha value is -0.980. The Labute approximate surface area is 88.6 Å². The third-order valence-electron chi connectivity index (χ3n) is 2.14. The maximum absolute atomic E-state index is 5.51. The first kappa shape index (κ1) is 10.5. The van der Waals surface area contributed by atoms with E-state index in [4.69, 9.17) is 9.26 Å². The molecule has 1 N–H and O–H groups in total. The second-order valence-electron chi connectivity index (χ2n) is 3.85. The van der Waals surface area contributed by atoms with Gasteiger partial charge in [0.1, 0.15) is 6.10 Å². The predicted molar refractivity (Wildman–Crippen MR) is 53.3 cm³/mol. The van der Waals surface area contributed by atoms with Crippen LogP contribution in [-0.4, -0.2) is 48.8 Å². The van der Waals surface area contributed by atoms with Crippen LogP contribution in [0, 0.1) is 0 Å². The molecule has 6 nitrogen and oxygen atoms in total. The van der Waals surface area contributed by atoms with E-state index in [0.29, 0.717) is 24.9 Å². The smallest absolute Gasteiger partial charge is 0.257 e. The number of nitrogens with one attached hydrogen (secondary N) is 1. The van der Waals surface area contributed by atoms with Crippen LogP contribution in [0.5, 0.6) is 0 Å². The third-order valence-corrected chi connectivity index (χ3v) is 2.14. The van der Waals surface area contributed by atoms with Crippen LogP contribution in [0.15, 0.2) is 4.52 Å². The van der Waals surface area contributed by atoms with Crippen LogP contribution in [0.1, 0.15) is 17.8 Å². The Kier molecular flexibility index (Phi) is 3.30. The molecule has 1 saturated heterocycles. The van der Waals surface area contributed by atoms with Gasteiger partial charge in [-0.25, -0.2) is 0 Å². The average molecular weight is 212 g/mol. The zero-order valence-corrected chi connectivity index (χ0v) is 9.06. The van der Waals surface area contributed by atoms with Crippen molar-refractivity contribution in [1.29, 1.82) is 0 Å². The molecule has 1 atom stereocenters. The molecule has 0 aliphatic carbocycles. The summed E-state index contributed by atoms with van der Waals surface area (Å²) in [7, 11) is 3.93. The van der Waals surface area contributed by atoms with Crippen LogP contribution in [0.25, 0.3) is 0 Å². The van der Waals surface area contributed by atoms with Crippen molar-refractivity contribution in [2.45, 2.75) is 12.6 Å². The van der Waals surface area contributed by atoms with Crippen molar-refractivity contribution in [3.63, 3.8) is 0 Å². The predicted octanol–water partition coefficient (Wildman–Crippen LogP) is -0.208. The lowest BCUT2D eigenvalue weighted by Crippen LogP contribution is -2.33. The largest absolute Gasteiger partial charge is 0.366 e. The fourth-order valence-electron chi connectivity index (χ4n) is 1.47. The van der Waals surface area contributed by atoms with Gasteiger partial charge in [-0.05, 0) is 14.1 Å². The highest BCUT2D eigenvalue weighted by Gasteiger charge is 2.21. The molecule has 0 bridgehead atoms. The minimum atomic E-state index is -0.0952. The van der Waals surface area contributed by atoms with Gasteiger partial charge in [-0.15, -0.1) is 0 Å². The molecule has 1 fully saturated rings. The van der Waals surface area contributed by atoms with Crippen molar-refractivity contribution in [2.75, 3.05) is 33.8 Å². The number of hydrogen-bond acceptors (Lipinski definition) is 6. The van der Waals surface area contributed by atoms with Gasteiger partial charge in [0.2, 0.25) is 0 Å². The van der Waals surface area contributed by atoms with Crippen molar-refractivity contribution in [2.24, 2.45) is 0 Å². The van der Waals surface area contributed by atoms with Gasteiger partial charge in [0.25, 0.3) is 5.89 Å². The monoisotopic (exact) mass is 212 g/mol. The lowest BCUT2D eigenvalue weighted by Gasteiger charge is -2.19. The van der Waals surface area contributed by atoms with E-state index < -0.39 is 0 Å². The Balaban J connectivity index is 1.99. The summed E-state index contributed by atoms with van der Waals surface area (Å²) in [4.78, 5) is 6.28. The second kappa shape index (κ2) is 4.69. The molecule has 0 radical (unpaired) electrons. The summed E-state index contributed by atoms with van der Waals surface area (Å²) in [5, 5.41) is 7.12. The first-order valence-corrected chi connectivity index (χ1v) is 5.05. The van der Waals surface area contributed by atoms with Crippen molar-refractivity contribution in [1.82, 2.24) is 20.4 Å². The van der Waals surface area contributed by atoms with Crippen LogP contribution in [0.4, 0.5) is 0 Å². The molecular weight excluding hydrogens is 196 g/mol. The minimum absolute atomic E-state index is 0.0952. The van der Waals surface area contributed by atoms with E-state index >= 15 is 0 Å². The maximum atomic E-state index is 5.51. The summed E-state index contributed by atoms with van der Waals surface area (Å²) >= 11 is 0. The molecule has 1 unspecified atom stereocenters. The molecule has 1 aromatic rings. The van der Waals surface area contributed by atoms with Crippen LogP contribution in [0.3, 0.4) is 0 Å². The first-order valence-electron chi connectivity index (χ1n) is 5.05. The lowest BCUT2D eigenvalue weighted by molar-refractivity contribution is 0.00755. The van der Waals surface area contributed by atoms with Crippen molar-refractivity contribution in [3.8, 4) is 0 Å². The summed E-state index contributed by atoms with van der Waals surface area (Å²) in [6, 6.07) is 0. The quantitative estimate of drug-likeness (QED) is 0.748. The summed E-state index contributed by atoms with van der Waals surface area (Å²) in [5.74, 6) is 1.27. The highest BCUT2D eigenvalue weighted by molar-refractivity contribution is 4.92. The fraction of sp³-hybridized carbons (Fsp3) is 0.778. The fourth-order valence-corrected chi connectivity index (χ4v) is 1.47. The number of rotatable bonds is 3. The zero-order chi connectivity index (χ0) is 10.7. The van der Waals surface area contributed by atoms with E-state index in [1.165, 1.54) is 0 Å². The Bertz CT molecular complexity index is 307. The van der Waals surface area contributed by atoms with Crippen LogP contribution in [0.2, 0.25) is 0 Å². The van der Waals surface area contributed by atoms with Crippen LogP contribution >= 0.6 is 0 Å². The molecule has 0 amide bonds. The Morgan fingerprint density at radius 3 is 3.07 bits per heavy atom. The maximum Gasteiger partial charge on any atom is 0.257 e. The average Bonchev–Trinajstić information content (AvgIpc) is 2.67. The molecule has 1 aliphatic heterocycles. The summed E-state index contributed by atoms with van der Waals surface area (Å²) in [5.41, 5.74) is 0. The van der Waals surface area contributed by atoms with Crippen molar-refractivity contribution in [3.05, 3.63) is 11.7 Å². The van der Waals surface area contributed by atoms with Crippen molar-refractivity contribution < 1.29 is 9.26 Å². The minimum Gasteiger partial charge on any atom is -0.366 e. The molecule has 6 heteroatoms. The topological polar surface area (TPSA) is 63.4 Å². The first-order chi connectivity index (χ1) is 7.25. The van der Waals surface area contributed by atoms with E-state index in [0.717, 1.165) is 13.1 Å². The highest BCUT2D eigenvalue weighted by atomic mass is 16.5. The molecule has 0 spiro atoms. The molecular formula is C9H16N4O2. The Morgan fingerprint density at radius 2 is 2.40 bits per heavy atom. The van der Waals surface area contributed by atoms with Gasteiger partial charge in [0, 0.05) is 13.1 Å². The molecule has 15 heavy (non-hydrogen) atoms. The summed E-state index contributed by atoms with van der Waals surface area (Å²) < 4.78 is 10.7. The van der Waals surface area contributed by atoms with Gasteiger partial charge in [-0.1, -0.05) is 5.16 Å². The molecule has 1 aromatic heterocycles. The van der Waals surface area contributed by atoms with Gasteiger partial charge in [-0.2, -0.15) is 4.98 Å². The van der Waals surface area contributed by atoms with E-state index in [1.807, 2.05) is 19.0 Å². The van der Waals surface area contributed by atoms with Crippen LogP contribution in [-0.2, 0) is 11.3 Å². The van der Waals surface area contributed by atoms with E-state index in [2.05, 4.69) is 15.5 Å². The third kappa shape index (κ3) is 2.74. The number of nitrogens with zero attached hydrogens (tertiary/aromatic N) is 3. The van der Waals surface area contributed by atoms with Gasteiger partial charge < -0.3 is 19.5 Å². The molecule has 0 saturated carbocycles. The van der Waals surface area contributed by atoms with Crippen LogP contribution < -0.4 is 5.32 Å². The second-order valence-corrected chi connectivity index (χ2v) is 3.85. The van der Waals surface area contributed by atoms with Gasteiger partial charge >= 0.3 is 0 Å². The van der Waals surface area contributed by atoms with E-state index in [-0.39, 0.29) is 6.10 Å². The van der Waals surface area contributed by atoms with Gasteiger partial charge in [0.05, 0.1) is 13.2 Å². The number of ether oxygens (including phenoxy) is 1. The molecule has 0 aromatic carbocycles. The van der Waals surface area contributed by atoms with E-state index in [1.54, 1.807) is 0 Å². The summed E-state index contributed by atoms with van der Waals surface area (Å²) in [6.45, 7) is 3.00. The van der Waals surface area contributed by atoms with E-state index in [9.17, 15) is 0 Å². The molecule has 1 aliphatic rings. The number of hydrogen-bond donors (Lipinski definition) is 1. The zero-order valence-electron chi connectivity index (χ0n) is 9.06. The SMILES string of the molecule is CN(C)Cc1noc(C2CNCCO2)n1. The summed E-state index contributed by atoms with van der Waals surface area (Å²) in [6.07, 6.45) is -0.0952. The standard InChI is InChI=1S/C9H16N4O2/c1-13(2)6-8-11-9(15-12-8)7-5-10-3-4-14-7/h7,10H,3-6H2,1-2H3. The number of aromatic nitrogens is 2. The van der Waals surface area contributed by atoms with Gasteiger partial charge in [0.15, 0.2) is 5.82 Å².